The van der Waals surface area contributed by atoms with Gasteiger partial charge >= 0.3 is 0 Å². The summed E-state index contributed by atoms with van der Waals surface area (Å²) in [6, 6.07) is 13.8. The van der Waals surface area contributed by atoms with Gasteiger partial charge in [-0.15, -0.1) is 0 Å². The van der Waals surface area contributed by atoms with Crippen LogP contribution in [-0.4, -0.2) is 38.1 Å². The second-order valence-electron chi connectivity index (χ2n) is 7.18. The van der Waals surface area contributed by atoms with Gasteiger partial charge in [0.15, 0.2) is 5.76 Å². The van der Waals surface area contributed by atoms with E-state index in [2.05, 4.69) is 15.5 Å². The molecule has 160 valence electrons. The zero-order chi connectivity index (χ0) is 21.8. The molecule has 2 heterocycles. The van der Waals surface area contributed by atoms with Crippen LogP contribution in [0.3, 0.4) is 0 Å². The number of aryl methyl sites for hydroxylation is 1. The van der Waals surface area contributed by atoms with Crippen molar-refractivity contribution < 1.29 is 18.7 Å². The van der Waals surface area contributed by atoms with Crippen molar-refractivity contribution in [1.82, 2.24) is 0 Å². The second kappa shape index (κ2) is 9.24. The van der Waals surface area contributed by atoms with Crippen molar-refractivity contribution in [1.29, 1.82) is 0 Å². The summed E-state index contributed by atoms with van der Waals surface area (Å²) in [5.74, 6) is -0.486. The molecule has 0 unspecified atom stereocenters. The van der Waals surface area contributed by atoms with E-state index in [1.807, 2.05) is 19.1 Å². The first-order valence-corrected chi connectivity index (χ1v) is 10.3. The maximum atomic E-state index is 13.3. The number of ether oxygens (including phenoxy) is 1. The summed E-state index contributed by atoms with van der Waals surface area (Å²) in [4.78, 5) is 27.7. The molecule has 2 aromatic carbocycles. The van der Waals surface area contributed by atoms with Gasteiger partial charge in [0.1, 0.15) is 0 Å². The average Bonchev–Trinajstić information content (AvgIpc) is 3.32. The zero-order valence-corrected chi connectivity index (χ0v) is 17.7. The van der Waals surface area contributed by atoms with E-state index in [9.17, 15) is 9.59 Å². The Balaban J connectivity index is 1.65. The van der Waals surface area contributed by atoms with Crippen molar-refractivity contribution in [3.8, 4) is 0 Å². The van der Waals surface area contributed by atoms with Gasteiger partial charge < -0.3 is 24.7 Å². The van der Waals surface area contributed by atoms with E-state index in [0.717, 1.165) is 11.3 Å². The van der Waals surface area contributed by atoms with Gasteiger partial charge in [-0.05, 0) is 55.0 Å². The Morgan fingerprint density at radius 2 is 1.81 bits per heavy atom. The number of carbonyl (C=O) groups is 2. The lowest BCUT2D eigenvalue weighted by molar-refractivity contribution is 0.0993. The summed E-state index contributed by atoms with van der Waals surface area (Å²) < 4.78 is 10.6. The Hall–Kier alpha value is -3.29. The molecule has 0 radical (unpaired) electrons. The Bertz CT molecular complexity index is 1090. The van der Waals surface area contributed by atoms with Crippen LogP contribution in [0, 0.1) is 6.92 Å². The summed E-state index contributed by atoms with van der Waals surface area (Å²) in [6.45, 7) is 4.43. The molecule has 1 fully saturated rings. The van der Waals surface area contributed by atoms with Crippen LogP contribution >= 0.6 is 11.6 Å². The molecule has 0 atom stereocenters. The highest BCUT2D eigenvalue weighted by molar-refractivity contribution is 6.31. The minimum atomic E-state index is -0.388. The summed E-state index contributed by atoms with van der Waals surface area (Å²) in [7, 11) is 0. The van der Waals surface area contributed by atoms with E-state index in [4.69, 9.17) is 20.8 Å². The van der Waals surface area contributed by atoms with Gasteiger partial charge in [-0.3, -0.25) is 9.59 Å². The van der Waals surface area contributed by atoms with Gasteiger partial charge in [0.2, 0.25) is 0 Å². The van der Waals surface area contributed by atoms with E-state index in [-0.39, 0.29) is 17.6 Å². The number of carbonyl (C=O) groups excluding carboxylic acids is 2. The van der Waals surface area contributed by atoms with Crippen LogP contribution in [0.15, 0.2) is 59.2 Å². The van der Waals surface area contributed by atoms with Gasteiger partial charge in [-0.2, -0.15) is 0 Å². The molecule has 1 aliphatic rings. The predicted molar refractivity (Wildman–Crippen MR) is 120 cm³/mol. The third kappa shape index (κ3) is 4.90. The topological polar surface area (TPSA) is 83.8 Å². The molecule has 0 spiro atoms. The van der Waals surface area contributed by atoms with Gasteiger partial charge in [0.05, 0.1) is 25.0 Å². The number of morpholine rings is 1. The normalized spacial score (nSPS) is 13.7. The lowest BCUT2D eigenvalue weighted by atomic mass is 10.1. The smallest absolute Gasteiger partial charge is 0.291 e. The summed E-state index contributed by atoms with van der Waals surface area (Å²) in [5, 5.41) is 6.26. The maximum absolute atomic E-state index is 13.3. The number of rotatable bonds is 5. The first-order chi connectivity index (χ1) is 15.0. The number of hydrogen-bond donors (Lipinski definition) is 2. The molecule has 0 bridgehead atoms. The molecule has 2 N–H and O–H groups in total. The molecule has 31 heavy (non-hydrogen) atoms. The monoisotopic (exact) mass is 439 g/mol. The Kier molecular flexibility index (Phi) is 6.25. The number of hydrogen-bond acceptors (Lipinski definition) is 5. The van der Waals surface area contributed by atoms with Crippen molar-refractivity contribution in [3.63, 3.8) is 0 Å². The number of nitrogens with one attached hydrogen (secondary N) is 2. The van der Waals surface area contributed by atoms with Crippen LogP contribution in [0.4, 0.5) is 17.1 Å². The molecule has 0 aliphatic carbocycles. The zero-order valence-electron chi connectivity index (χ0n) is 17.0. The van der Waals surface area contributed by atoms with E-state index >= 15 is 0 Å². The van der Waals surface area contributed by atoms with Gasteiger partial charge in [-0.25, -0.2) is 0 Å². The third-order valence-corrected chi connectivity index (χ3v) is 5.28. The highest BCUT2D eigenvalue weighted by Crippen LogP contribution is 2.28. The summed E-state index contributed by atoms with van der Waals surface area (Å²) in [5.41, 5.74) is 3.24. The number of benzene rings is 2. The number of furan rings is 1. The molecule has 4 rings (SSSR count). The first-order valence-electron chi connectivity index (χ1n) is 9.90. The van der Waals surface area contributed by atoms with Crippen LogP contribution in [0.5, 0.6) is 0 Å². The summed E-state index contributed by atoms with van der Waals surface area (Å²) in [6.07, 6.45) is 1.43. The second-order valence-corrected chi connectivity index (χ2v) is 7.61. The maximum Gasteiger partial charge on any atom is 0.291 e. The van der Waals surface area contributed by atoms with Crippen LogP contribution in [0.2, 0.25) is 5.02 Å². The molecule has 1 saturated heterocycles. The molecule has 8 heteroatoms. The SMILES string of the molecule is Cc1ccc(Cl)cc1NC(=O)c1cc(NC(=O)c2ccco2)ccc1N1CCOCC1. The number of halogens is 1. The quantitative estimate of drug-likeness (QED) is 0.607. The fourth-order valence-electron chi connectivity index (χ4n) is 3.39. The van der Waals surface area contributed by atoms with Crippen molar-refractivity contribution in [3.05, 3.63) is 76.7 Å². The van der Waals surface area contributed by atoms with Crippen LogP contribution in [-0.2, 0) is 4.74 Å². The van der Waals surface area contributed by atoms with E-state index < -0.39 is 0 Å². The van der Waals surface area contributed by atoms with Crippen molar-refractivity contribution in [2.45, 2.75) is 6.92 Å². The molecule has 1 aromatic heterocycles. The lowest BCUT2D eigenvalue weighted by Gasteiger charge is -2.30. The van der Waals surface area contributed by atoms with Crippen LogP contribution < -0.4 is 15.5 Å². The van der Waals surface area contributed by atoms with Gasteiger partial charge in [-0.1, -0.05) is 17.7 Å². The number of anilines is 3. The largest absolute Gasteiger partial charge is 0.459 e. The predicted octanol–water partition coefficient (Wildman–Crippen LogP) is 4.58. The van der Waals surface area contributed by atoms with Crippen LogP contribution in [0.1, 0.15) is 26.5 Å². The third-order valence-electron chi connectivity index (χ3n) is 5.04. The van der Waals surface area contributed by atoms with Gasteiger partial charge in [0.25, 0.3) is 11.8 Å². The highest BCUT2D eigenvalue weighted by Gasteiger charge is 2.21. The van der Waals surface area contributed by atoms with Crippen molar-refractivity contribution in [2.24, 2.45) is 0 Å². The van der Waals surface area contributed by atoms with Crippen LogP contribution in [0.25, 0.3) is 0 Å². The van der Waals surface area contributed by atoms with Gasteiger partial charge in [0, 0.05) is 35.2 Å². The number of amides is 2. The minimum Gasteiger partial charge on any atom is -0.459 e. The van der Waals surface area contributed by atoms with Crippen molar-refractivity contribution >= 4 is 40.5 Å². The fraction of sp³-hybridized carbons (Fsp3) is 0.217. The molecule has 7 nitrogen and oxygen atoms in total. The molecular formula is C23H22ClN3O4. The Morgan fingerprint density at radius 3 is 2.55 bits per heavy atom. The molecule has 0 saturated carbocycles. The fourth-order valence-corrected chi connectivity index (χ4v) is 3.57. The highest BCUT2D eigenvalue weighted by atomic mass is 35.5. The van der Waals surface area contributed by atoms with E-state index in [1.165, 1.54) is 6.26 Å². The molecule has 1 aliphatic heterocycles. The molecule has 2 amide bonds. The Labute approximate surface area is 184 Å². The first kappa shape index (κ1) is 21.0. The Morgan fingerprint density at radius 1 is 1.00 bits per heavy atom. The average molecular weight is 440 g/mol. The number of nitrogens with zero attached hydrogens (tertiary/aromatic N) is 1. The van der Waals surface area contributed by atoms with E-state index in [1.54, 1.807) is 36.4 Å². The minimum absolute atomic E-state index is 0.192. The molecule has 3 aromatic rings. The van der Waals surface area contributed by atoms with E-state index in [0.29, 0.717) is 48.3 Å². The standard InChI is InChI=1S/C23H22ClN3O4/c1-15-4-5-16(24)13-19(15)26-22(28)18-14-17(25-23(29)21-3-2-10-31-21)6-7-20(18)27-8-11-30-12-9-27/h2-7,10,13-14H,8-9,11-12H2,1H3,(H,25,29)(H,26,28). The molecular weight excluding hydrogens is 418 g/mol. The lowest BCUT2D eigenvalue weighted by Crippen LogP contribution is -2.37. The van der Waals surface area contributed by atoms with Crippen molar-refractivity contribution in [2.75, 3.05) is 41.8 Å². The summed E-state index contributed by atoms with van der Waals surface area (Å²) >= 11 is 6.10.